The lowest BCUT2D eigenvalue weighted by Gasteiger charge is -2.16. The maximum atomic E-state index is 12.2. The number of benzene rings is 1. The molecule has 1 heterocycles. The van der Waals surface area contributed by atoms with Crippen LogP contribution in [0.3, 0.4) is 0 Å². The summed E-state index contributed by atoms with van der Waals surface area (Å²) < 4.78 is 0. The van der Waals surface area contributed by atoms with Crippen molar-refractivity contribution in [1.29, 1.82) is 5.26 Å². The Bertz CT molecular complexity index is 972. The first-order valence-corrected chi connectivity index (χ1v) is 10.2. The van der Waals surface area contributed by atoms with Crippen LogP contribution in [0.25, 0.3) is 0 Å². The third-order valence-corrected chi connectivity index (χ3v) is 5.76. The summed E-state index contributed by atoms with van der Waals surface area (Å²) in [6, 6.07) is 8.25. The first-order valence-electron chi connectivity index (χ1n) is 8.86. The Labute approximate surface area is 171 Å². The van der Waals surface area contributed by atoms with Crippen molar-refractivity contribution in [3.8, 4) is 6.07 Å². The van der Waals surface area contributed by atoms with E-state index in [2.05, 4.69) is 16.4 Å². The monoisotopic (exact) mass is 415 g/mol. The van der Waals surface area contributed by atoms with E-state index in [9.17, 15) is 14.9 Å². The fraction of sp³-hybridized carbons (Fsp3) is 0.300. The molecule has 8 heteroatoms. The zero-order valence-corrected chi connectivity index (χ0v) is 16.6. The molecular formula is C20H18ClN3O3S. The molecule has 0 radical (unpaired) electrons. The fourth-order valence-corrected chi connectivity index (χ4v) is 4.09. The van der Waals surface area contributed by atoms with Crippen molar-refractivity contribution < 1.29 is 14.7 Å². The van der Waals surface area contributed by atoms with Crippen molar-refractivity contribution in [1.82, 2.24) is 4.98 Å². The highest BCUT2D eigenvalue weighted by Gasteiger charge is 2.16. The maximum Gasteiger partial charge on any atom is 0.335 e. The molecule has 0 unspecified atom stereocenters. The van der Waals surface area contributed by atoms with E-state index in [1.165, 1.54) is 30.0 Å². The van der Waals surface area contributed by atoms with Crippen molar-refractivity contribution in [2.24, 2.45) is 0 Å². The predicted octanol–water partition coefficient (Wildman–Crippen LogP) is 4.30. The minimum absolute atomic E-state index is 0.0472. The van der Waals surface area contributed by atoms with Crippen LogP contribution in [0.15, 0.2) is 29.3 Å². The molecule has 0 fully saturated rings. The summed E-state index contributed by atoms with van der Waals surface area (Å²) in [7, 11) is 0. The van der Waals surface area contributed by atoms with Crippen LogP contribution in [0.1, 0.15) is 46.4 Å². The van der Waals surface area contributed by atoms with Gasteiger partial charge in [0, 0.05) is 17.9 Å². The lowest BCUT2D eigenvalue weighted by Crippen LogP contribution is -2.13. The zero-order valence-electron chi connectivity index (χ0n) is 15.0. The molecule has 1 amide bonds. The largest absolute Gasteiger partial charge is 0.478 e. The highest BCUT2D eigenvalue weighted by Crippen LogP contribution is 2.28. The summed E-state index contributed by atoms with van der Waals surface area (Å²) in [6.45, 7) is 0. The van der Waals surface area contributed by atoms with E-state index in [-0.39, 0.29) is 28.6 Å². The van der Waals surface area contributed by atoms with Gasteiger partial charge in [0.05, 0.1) is 21.8 Å². The lowest BCUT2D eigenvalue weighted by atomic mass is 9.95. The molecule has 0 spiro atoms. The number of amides is 1. The molecule has 28 heavy (non-hydrogen) atoms. The third kappa shape index (κ3) is 4.83. The number of aromatic nitrogens is 1. The standard InChI is InChI=1S/C20H18ClN3O3S/c21-15-6-5-13(20(26)27)10-17(15)23-18(25)7-8-28-19-14(11-22)9-12-3-1-2-4-16(12)24-19/h5-6,9-10H,1-4,7-8H2,(H,23,25)(H,26,27). The van der Waals surface area contributed by atoms with E-state index in [1.807, 2.05) is 6.07 Å². The summed E-state index contributed by atoms with van der Waals surface area (Å²) in [5.41, 5.74) is 3.06. The smallest absolute Gasteiger partial charge is 0.335 e. The average molecular weight is 416 g/mol. The number of aromatic carboxylic acids is 1. The highest BCUT2D eigenvalue weighted by atomic mass is 35.5. The number of rotatable bonds is 6. The quantitative estimate of drug-likeness (QED) is 0.681. The summed E-state index contributed by atoms with van der Waals surface area (Å²) in [5, 5.41) is 22.0. The molecule has 1 aliphatic carbocycles. The van der Waals surface area contributed by atoms with Crippen LogP contribution in [0, 0.1) is 11.3 Å². The predicted molar refractivity (Wildman–Crippen MR) is 108 cm³/mol. The van der Waals surface area contributed by atoms with Crippen LogP contribution in [0.2, 0.25) is 5.02 Å². The topological polar surface area (TPSA) is 103 Å². The number of nitrogens with zero attached hydrogens (tertiary/aromatic N) is 2. The zero-order chi connectivity index (χ0) is 20.1. The molecule has 1 aromatic carbocycles. The molecule has 2 aromatic rings. The van der Waals surface area contributed by atoms with E-state index < -0.39 is 5.97 Å². The summed E-state index contributed by atoms with van der Waals surface area (Å²) in [6.07, 6.45) is 4.29. The van der Waals surface area contributed by atoms with E-state index >= 15 is 0 Å². The van der Waals surface area contributed by atoms with E-state index in [1.54, 1.807) is 0 Å². The number of carbonyl (C=O) groups excluding carboxylic acids is 1. The van der Waals surface area contributed by atoms with Crippen LogP contribution in [0.4, 0.5) is 5.69 Å². The van der Waals surface area contributed by atoms with Gasteiger partial charge in [-0.1, -0.05) is 11.6 Å². The summed E-state index contributed by atoms with van der Waals surface area (Å²) in [5.74, 6) is -0.929. The molecule has 2 N–H and O–H groups in total. The second kappa shape index (κ2) is 9.09. The minimum Gasteiger partial charge on any atom is -0.478 e. The number of fused-ring (bicyclic) bond motifs is 1. The molecule has 0 aliphatic heterocycles. The Balaban J connectivity index is 1.61. The van der Waals surface area contributed by atoms with Gasteiger partial charge in [0.1, 0.15) is 11.1 Å². The summed E-state index contributed by atoms with van der Waals surface area (Å²) >= 11 is 7.40. The van der Waals surface area contributed by atoms with Crippen molar-refractivity contribution in [2.45, 2.75) is 37.1 Å². The van der Waals surface area contributed by atoms with Crippen molar-refractivity contribution in [3.63, 3.8) is 0 Å². The number of carbonyl (C=O) groups is 2. The Morgan fingerprint density at radius 1 is 1.29 bits per heavy atom. The van der Waals surface area contributed by atoms with E-state index in [0.717, 1.165) is 36.9 Å². The van der Waals surface area contributed by atoms with Gasteiger partial charge in [0.15, 0.2) is 0 Å². The normalized spacial score (nSPS) is 12.7. The van der Waals surface area contributed by atoms with Crippen LogP contribution in [0.5, 0.6) is 0 Å². The second-order valence-electron chi connectivity index (χ2n) is 6.41. The minimum atomic E-state index is -1.09. The number of nitriles is 1. The van der Waals surface area contributed by atoms with Crippen LogP contribution in [-0.4, -0.2) is 27.7 Å². The van der Waals surface area contributed by atoms with Gasteiger partial charge in [0.25, 0.3) is 0 Å². The number of anilines is 1. The van der Waals surface area contributed by atoms with Gasteiger partial charge in [0.2, 0.25) is 5.91 Å². The van der Waals surface area contributed by atoms with Crippen LogP contribution < -0.4 is 5.32 Å². The van der Waals surface area contributed by atoms with Crippen LogP contribution in [-0.2, 0) is 17.6 Å². The van der Waals surface area contributed by atoms with Crippen molar-refractivity contribution >= 4 is 40.9 Å². The Kier molecular flexibility index (Phi) is 6.55. The molecular weight excluding hydrogens is 398 g/mol. The summed E-state index contributed by atoms with van der Waals surface area (Å²) in [4.78, 5) is 27.9. The molecule has 1 aromatic heterocycles. The van der Waals surface area contributed by atoms with Gasteiger partial charge in [-0.2, -0.15) is 5.26 Å². The molecule has 144 valence electrons. The lowest BCUT2D eigenvalue weighted by molar-refractivity contribution is -0.115. The first kappa shape index (κ1) is 20.2. The molecule has 0 atom stereocenters. The van der Waals surface area contributed by atoms with Gasteiger partial charge in [-0.25, -0.2) is 9.78 Å². The number of aryl methyl sites for hydroxylation is 2. The maximum absolute atomic E-state index is 12.2. The second-order valence-corrected chi connectivity index (χ2v) is 7.90. The number of carboxylic acid groups (broad SMARTS) is 1. The fourth-order valence-electron chi connectivity index (χ4n) is 3.01. The molecule has 0 saturated heterocycles. The Morgan fingerprint density at radius 2 is 2.07 bits per heavy atom. The number of halogens is 1. The molecule has 3 rings (SSSR count). The number of nitrogens with one attached hydrogen (secondary N) is 1. The Morgan fingerprint density at radius 3 is 2.82 bits per heavy atom. The van der Waals surface area contributed by atoms with E-state index in [4.69, 9.17) is 16.7 Å². The third-order valence-electron chi connectivity index (χ3n) is 4.44. The first-order chi connectivity index (χ1) is 13.5. The Hall–Kier alpha value is -2.56. The highest BCUT2D eigenvalue weighted by molar-refractivity contribution is 7.99. The molecule has 0 saturated carbocycles. The van der Waals surface area contributed by atoms with Gasteiger partial charge in [-0.15, -0.1) is 11.8 Å². The van der Waals surface area contributed by atoms with Crippen molar-refractivity contribution in [2.75, 3.05) is 11.1 Å². The number of thioether (sulfide) groups is 1. The van der Waals surface area contributed by atoms with Gasteiger partial charge in [-0.05, 0) is 55.5 Å². The van der Waals surface area contributed by atoms with Gasteiger partial charge >= 0.3 is 5.97 Å². The molecule has 0 bridgehead atoms. The number of pyridine rings is 1. The number of hydrogen-bond donors (Lipinski definition) is 2. The molecule has 1 aliphatic rings. The van der Waals surface area contributed by atoms with Gasteiger partial charge in [-0.3, -0.25) is 4.79 Å². The SMILES string of the molecule is N#Cc1cc2c(nc1SCCC(=O)Nc1cc(C(=O)O)ccc1Cl)CCCC2. The number of hydrogen-bond acceptors (Lipinski definition) is 5. The average Bonchev–Trinajstić information content (AvgIpc) is 2.68. The van der Waals surface area contributed by atoms with Crippen molar-refractivity contribution in [3.05, 3.63) is 51.7 Å². The number of carboxylic acids is 1. The van der Waals surface area contributed by atoms with Crippen LogP contribution >= 0.6 is 23.4 Å². The van der Waals surface area contributed by atoms with Gasteiger partial charge < -0.3 is 10.4 Å². The van der Waals surface area contributed by atoms with E-state index in [0.29, 0.717) is 16.3 Å². The molecule has 6 nitrogen and oxygen atoms in total.